The zero-order valence-corrected chi connectivity index (χ0v) is 23.9. The molecule has 1 fully saturated rings. The number of nitriles is 1. The summed E-state index contributed by atoms with van der Waals surface area (Å²) in [6.45, 7) is 6.55. The van der Waals surface area contributed by atoms with Gasteiger partial charge < -0.3 is 19.6 Å². The van der Waals surface area contributed by atoms with Crippen LogP contribution in [-0.4, -0.2) is 55.1 Å². The quantitative estimate of drug-likeness (QED) is 0.372. The molecule has 9 nitrogen and oxygen atoms in total. The fourth-order valence-electron chi connectivity index (χ4n) is 6.13. The van der Waals surface area contributed by atoms with Gasteiger partial charge in [-0.1, -0.05) is 41.6 Å². The minimum Gasteiger partial charge on any atom is -0.368 e. The van der Waals surface area contributed by atoms with E-state index in [4.69, 9.17) is 4.52 Å². The first-order valence-corrected chi connectivity index (χ1v) is 14.1. The van der Waals surface area contributed by atoms with Gasteiger partial charge in [0.1, 0.15) is 11.8 Å². The molecule has 1 aromatic heterocycles. The Morgan fingerprint density at radius 1 is 1.00 bits per heavy atom. The molecule has 0 spiro atoms. The van der Waals surface area contributed by atoms with Gasteiger partial charge in [0.15, 0.2) is 0 Å². The molecule has 0 radical (unpaired) electrons. The van der Waals surface area contributed by atoms with E-state index in [9.17, 15) is 14.9 Å². The van der Waals surface area contributed by atoms with Crippen molar-refractivity contribution in [1.82, 2.24) is 10.1 Å². The number of anilines is 3. The second-order valence-electron chi connectivity index (χ2n) is 10.8. The summed E-state index contributed by atoms with van der Waals surface area (Å²) in [4.78, 5) is 32.5. The van der Waals surface area contributed by atoms with Crippen LogP contribution in [0.5, 0.6) is 0 Å². The molecule has 212 valence electrons. The number of nitrogens with one attached hydrogen (secondary N) is 1. The van der Waals surface area contributed by atoms with Gasteiger partial charge in [0.05, 0.1) is 29.4 Å². The average molecular weight is 561 g/mol. The Balaban J connectivity index is 1.20. The van der Waals surface area contributed by atoms with Crippen LogP contribution in [0.2, 0.25) is 0 Å². The smallest absolute Gasteiger partial charge is 0.258 e. The number of fused-ring (bicyclic) bond motifs is 2. The van der Waals surface area contributed by atoms with Gasteiger partial charge in [0.2, 0.25) is 5.91 Å². The molecule has 2 amide bonds. The molecule has 3 aromatic carbocycles. The van der Waals surface area contributed by atoms with Crippen molar-refractivity contribution in [1.29, 1.82) is 5.26 Å². The highest BCUT2D eigenvalue weighted by Crippen LogP contribution is 2.40. The number of aryl methyl sites for hydroxylation is 2. The van der Waals surface area contributed by atoms with E-state index in [2.05, 4.69) is 38.5 Å². The first kappa shape index (κ1) is 27.2. The maximum Gasteiger partial charge on any atom is 0.258 e. The summed E-state index contributed by atoms with van der Waals surface area (Å²) in [6, 6.07) is 23.8. The number of nitrogens with zero attached hydrogens (tertiary/aromatic N) is 5. The Morgan fingerprint density at radius 3 is 2.43 bits per heavy atom. The molecule has 0 aliphatic carbocycles. The molecule has 1 saturated heterocycles. The van der Waals surface area contributed by atoms with Crippen molar-refractivity contribution in [2.45, 2.75) is 26.3 Å². The third kappa shape index (κ3) is 4.91. The van der Waals surface area contributed by atoms with E-state index in [1.807, 2.05) is 62.5 Å². The zero-order chi connectivity index (χ0) is 29.4. The van der Waals surface area contributed by atoms with E-state index in [0.29, 0.717) is 22.7 Å². The van der Waals surface area contributed by atoms with Crippen LogP contribution in [0.25, 0.3) is 0 Å². The molecule has 9 heteroatoms. The van der Waals surface area contributed by atoms with Gasteiger partial charge in [0.25, 0.3) is 5.91 Å². The predicted molar refractivity (Wildman–Crippen MR) is 161 cm³/mol. The molecule has 4 aromatic rings. The van der Waals surface area contributed by atoms with Crippen molar-refractivity contribution in [3.05, 3.63) is 106 Å². The van der Waals surface area contributed by atoms with Gasteiger partial charge in [-0.3, -0.25) is 14.5 Å². The van der Waals surface area contributed by atoms with Gasteiger partial charge in [-0.2, -0.15) is 5.26 Å². The molecule has 0 saturated carbocycles. The van der Waals surface area contributed by atoms with Crippen LogP contribution in [0.3, 0.4) is 0 Å². The highest BCUT2D eigenvalue weighted by Gasteiger charge is 2.35. The molecular weight excluding hydrogens is 528 g/mol. The largest absolute Gasteiger partial charge is 0.368 e. The van der Waals surface area contributed by atoms with E-state index in [1.54, 1.807) is 17.9 Å². The van der Waals surface area contributed by atoms with Gasteiger partial charge in [-0.25, -0.2) is 0 Å². The highest BCUT2D eigenvalue weighted by molar-refractivity contribution is 6.08. The second kappa shape index (κ2) is 11.1. The van der Waals surface area contributed by atoms with Crippen LogP contribution in [0, 0.1) is 25.2 Å². The van der Waals surface area contributed by atoms with Crippen LogP contribution in [0.15, 0.2) is 71.3 Å². The molecule has 0 bridgehead atoms. The lowest BCUT2D eigenvalue weighted by atomic mass is 9.93. The molecule has 3 heterocycles. The first-order valence-electron chi connectivity index (χ1n) is 14.1. The Kier molecular flexibility index (Phi) is 7.23. The van der Waals surface area contributed by atoms with Crippen LogP contribution in [0.1, 0.15) is 50.1 Å². The number of benzene rings is 3. The summed E-state index contributed by atoms with van der Waals surface area (Å²) < 4.78 is 5.16. The summed E-state index contributed by atoms with van der Waals surface area (Å²) in [7, 11) is 1.84. The Bertz CT molecular complexity index is 1690. The molecular formula is C33H32N6O3. The van der Waals surface area contributed by atoms with Crippen molar-refractivity contribution in [2.75, 3.05) is 48.3 Å². The normalized spacial score (nSPS) is 16.8. The van der Waals surface area contributed by atoms with Crippen LogP contribution in [-0.2, 0) is 11.2 Å². The number of hydrogen-bond acceptors (Lipinski definition) is 7. The monoisotopic (exact) mass is 560 g/mol. The molecule has 2 aliphatic rings. The predicted octanol–water partition coefficient (Wildman–Crippen LogP) is 4.85. The summed E-state index contributed by atoms with van der Waals surface area (Å²) in [5, 5.41) is 16.8. The Hall–Kier alpha value is -4.94. The standard InChI is InChI=1S/C33H32N6O3/c1-21-28(22(2)42-36-21)19-31(40)35-24-12-13-29(23(18-24)20-34)38-14-16-39(17-15-38)32-25-8-4-5-9-26(25)33(41)37(3)30-11-7-6-10-27(30)32/h4-13,18,32H,14-17,19H2,1-3H3,(H,35,40). The zero-order valence-electron chi connectivity index (χ0n) is 23.9. The van der Waals surface area contributed by atoms with Gasteiger partial charge in [0, 0.05) is 55.7 Å². The van der Waals surface area contributed by atoms with Gasteiger partial charge >= 0.3 is 0 Å². The fraction of sp³-hybridized carbons (Fsp3) is 0.273. The number of para-hydroxylation sites is 1. The lowest BCUT2D eigenvalue weighted by Gasteiger charge is -2.41. The van der Waals surface area contributed by atoms with E-state index in [-0.39, 0.29) is 24.3 Å². The second-order valence-corrected chi connectivity index (χ2v) is 10.8. The maximum atomic E-state index is 13.4. The highest BCUT2D eigenvalue weighted by atomic mass is 16.5. The van der Waals surface area contributed by atoms with E-state index >= 15 is 0 Å². The number of rotatable bonds is 5. The van der Waals surface area contributed by atoms with E-state index < -0.39 is 0 Å². The Labute approximate surface area is 244 Å². The summed E-state index contributed by atoms with van der Waals surface area (Å²) in [5.41, 5.74) is 7.18. The summed E-state index contributed by atoms with van der Waals surface area (Å²) >= 11 is 0. The molecule has 1 N–H and O–H groups in total. The maximum absolute atomic E-state index is 13.4. The fourth-order valence-corrected chi connectivity index (χ4v) is 6.13. The lowest BCUT2D eigenvalue weighted by Crippen LogP contribution is -2.48. The number of aromatic nitrogens is 1. The molecule has 2 aliphatic heterocycles. The van der Waals surface area contributed by atoms with Crippen molar-refractivity contribution in [3.63, 3.8) is 0 Å². The van der Waals surface area contributed by atoms with Gasteiger partial charge in [-0.05, 0) is 55.3 Å². The van der Waals surface area contributed by atoms with E-state index in [0.717, 1.165) is 59.8 Å². The number of amides is 2. The number of carbonyl (C=O) groups is 2. The van der Waals surface area contributed by atoms with E-state index in [1.165, 1.54) is 0 Å². The number of piperazine rings is 1. The van der Waals surface area contributed by atoms with Crippen LogP contribution < -0.4 is 15.1 Å². The molecule has 42 heavy (non-hydrogen) atoms. The van der Waals surface area contributed by atoms with Crippen LogP contribution in [0.4, 0.5) is 17.1 Å². The van der Waals surface area contributed by atoms with Crippen molar-refractivity contribution >= 4 is 28.9 Å². The topological polar surface area (TPSA) is 106 Å². The molecule has 1 unspecified atom stereocenters. The van der Waals surface area contributed by atoms with Crippen LogP contribution >= 0.6 is 0 Å². The van der Waals surface area contributed by atoms with Gasteiger partial charge in [-0.15, -0.1) is 0 Å². The average Bonchev–Trinajstić information content (AvgIpc) is 3.28. The van der Waals surface area contributed by atoms with Crippen molar-refractivity contribution in [2.24, 2.45) is 0 Å². The number of carbonyl (C=O) groups excluding carboxylic acids is 2. The SMILES string of the molecule is Cc1noc(C)c1CC(=O)Nc1ccc(N2CCN(C3c4ccccc4C(=O)N(C)c4ccccc43)CC2)c(C#N)c1. The number of hydrogen-bond donors (Lipinski definition) is 1. The molecule has 6 rings (SSSR count). The minimum absolute atomic E-state index is 0.00303. The first-order chi connectivity index (χ1) is 20.4. The third-order valence-corrected chi connectivity index (χ3v) is 8.32. The minimum atomic E-state index is -0.192. The van der Waals surface area contributed by atoms with Crippen molar-refractivity contribution in [3.8, 4) is 6.07 Å². The third-order valence-electron chi connectivity index (χ3n) is 8.32. The molecule has 1 atom stereocenters. The lowest BCUT2D eigenvalue weighted by molar-refractivity contribution is -0.115. The Morgan fingerprint density at radius 2 is 1.71 bits per heavy atom. The summed E-state index contributed by atoms with van der Waals surface area (Å²) in [5.74, 6) is 0.434. The van der Waals surface area contributed by atoms with Crippen molar-refractivity contribution < 1.29 is 14.1 Å². The summed E-state index contributed by atoms with van der Waals surface area (Å²) in [6.07, 6.45) is 0.154.